The van der Waals surface area contributed by atoms with Gasteiger partial charge in [-0.25, -0.2) is 0 Å². The molecule has 29 heavy (non-hydrogen) atoms. The number of carbonyl (C=O) groups is 1. The number of piperidine rings is 1. The van der Waals surface area contributed by atoms with Crippen LogP contribution in [0.4, 0.5) is 0 Å². The Balaban J connectivity index is 1.35. The largest absolute Gasteiger partial charge is 0.491 e. The van der Waals surface area contributed by atoms with Crippen LogP contribution < -0.4 is 10.1 Å². The molecule has 2 aromatic rings. The van der Waals surface area contributed by atoms with Crippen LogP contribution in [-0.4, -0.2) is 54.3 Å². The van der Waals surface area contributed by atoms with E-state index in [-0.39, 0.29) is 18.6 Å². The SMILES string of the molecule is N#CCc1ccc(OCC(O)CN2CCC(NC(=O)c3ccccc3)CC2)cc1. The van der Waals surface area contributed by atoms with E-state index in [1.165, 1.54) is 0 Å². The van der Waals surface area contributed by atoms with Crippen molar-refractivity contribution < 1.29 is 14.6 Å². The molecule has 152 valence electrons. The number of aliphatic hydroxyl groups excluding tert-OH is 1. The fourth-order valence-electron chi connectivity index (χ4n) is 3.46. The van der Waals surface area contributed by atoms with Gasteiger partial charge in [0.05, 0.1) is 12.5 Å². The topological polar surface area (TPSA) is 85.6 Å². The summed E-state index contributed by atoms with van der Waals surface area (Å²) in [4.78, 5) is 14.5. The number of ether oxygens (including phenoxy) is 1. The van der Waals surface area contributed by atoms with E-state index in [0.29, 0.717) is 24.3 Å². The molecule has 0 radical (unpaired) electrons. The molecule has 0 spiro atoms. The molecule has 1 saturated heterocycles. The number of benzene rings is 2. The molecule has 3 rings (SSSR count). The second-order valence-electron chi connectivity index (χ2n) is 7.36. The molecule has 2 aromatic carbocycles. The van der Waals surface area contributed by atoms with Crippen LogP contribution in [0.3, 0.4) is 0 Å². The van der Waals surface area contributed by atoms with Crippen molar-refractivity contribution in [1.82, 2.24) is 10.2 Å². The van der Waals surface area contributed by atoms with Crippen molar-refractivity contribution in [3.05, 3.63) is 65.7 Å². The van der Waals surface area contributed by atoms with Crippen molar-refractivity contribution in [2.75, 3.05) is 26.2 Å². The van der Waals surface area contributed by atoms with Crippen LogP contribution >= 0.6 is 0 Å². The van der Waals surface area contributed by atoms with Gasteiger partial charge < -0.3 is 20.1 Å². The molecule has 1 amide bonds. The zero-order valence-electron chi connectivity index (χ0n) is 16.5. The van der Waals surface area contributed by atoms with Gasteiger partial charge in [0.15, 0.2) is 0 Å². The summed E-state index contributed by atoms with van der Waals surface area (Å²) in [5, 5.41) is 22.1. The number of likely N-dealkylation sites (tertiary alicyclic amines) is 1. The predicted octanol–water partition coefficient (Wildman–Crippen LogP) is 2.39. The number of β-amino-alcohol motifs (C(OH)–C–C–N with tert-alkyl or cyclic N) is 1. The quantitative estimate of drug-likeness (QED) is 0.719. The minimum atomic E-state index is -0.579. The molecule has 2 N–H and O–H groups in total. The lowest BCUT2D eigenvalue weighted by molar-refractivity contribution is 0.0568. The molecule has 1 heterocycles. The third-order valence-corrected chi connectivity index (χ3v) is 5.08. The number of hydrogen-bond donors (Lipinski definition) is 2. The first kappa shape index (κ1) is 20.8. The number of aliphatic hydroxyl groups is 1. The van der Waals surface area contributed by atoms with E-state index < -0.39 is 6.10 Å². The Kier molecular flexibility index (Phi) is 7.62. The average Bonchev–Trinajstić information content (AvgIpc) is 2.75. The smallest absolute Gasteiger partial charge is 0.251 e. The summed E-state index contributed by atoms with van der Waals surface area (Å²) in [7, 11) is 0. The number of nitriles is 1. The van der Waals surface area contributed by atoms with Crippen LogP contribution in [0, 0.1) is 11.3 Å². The third kappa shape index (κ3) is 6.60. The molecule has 1 fully saturated rings. The molecule has 0 bridgehead atoms. The summed E-state index contributed by atoms with van der Waals surface area (Å²) < 4.78 is 5.65. The van der Waals surface area contributed by atoms with Crippen molar-refractivity contribution in [2.45, 2.75) is 31.4 Å². The minimum Gasteiger partial charge on any atom is -0.491 e. The molecule has 0 aromatic heterocycles. The number of rotatable bonds is 8. The van der Waals surface area contributed by atoms with Gasteiger partial charge in [-0.05, 0) is 42.7 Å². The molecule has 0 aliphatic carbocycles. The fourth-order valence-corrected chi connectivity index (χ4v) is 3.46. The zero-order valence-corrected chi connectivity index (χ0v) is 16.5. The summed E-state index contributed by atoms with van der Waals surface area (Å²) >= 11 is 0. The normalized spacial score (nSPS) is 16.0. The lowest BCUT2D eigenvalue weighted by atomic mass is 10.0. The van der Waals surface area contributed by atoms with Gasteiger partial charge in [0.25, 0.3) is 5.91 Å². The van der Waals surface area contributed by atoms with Crippen LogP contribution in [0.15, 0.2) is 54.6 Å². The Morgan fingerprint density at radius 1 is 1.17 bits per heavy atom. The maximum Gasteiger partial charge on any atom is 0.251 e. The van der Waals surface area contributed by atoms with Crippen LogP contribution in [-0.2, 0) is 6.42 Å². The van der Waals surface area contributed by atoms with Gasteiger partial charge in [-0.1, -0.05) is 30.3 Å². The van der Waals surface area contributed by atoms with E-state index >= 15 is 0 Å². The molecular formula is C23H27N3O3. The molecule has 6 nitrogen and oxygen atoms in total. The molecule has 1 unspecified atom stereocenters. The Morgan fingerprint density at radius 3 is 2.52 bits per heavy atom. The van der Waals surface area contributed by atoms with E-state index in [1.807, 2.05) is 54.6 Å². The maximum atomic E-state index is 12.3. The third-order valence-electron chi connectivity index (χ3n) is 5.08. The number of hydrogen-bond acceptors (Lipinski definition) is 5. The van der Waals surface area contributed by atoms with Crippen molar-refractivity contribution in [2.24, 2.45) is 0 Å². The lowest BCUT2D eigenvalue weighted by Crippen LogP contribution is -2.47. The monoisotopic (exact) mass is 393 g/mol. The summed E-state index contributed by atoms with van der Waals surface area (Å²) in [5.74, 6) is 0.659. The zero-order chi connectivity index (χ0) is 20.5. The second kappa shape index (κ2) is 10.6. The maximum absolute atomic E-state index is 12.3. The number of nitrogens with zero attached hydrogens (tertiary/aromatic N) is 2. The highest BCUT2D eigenvalue weighted by atomic mass is 16.5. The lowest BCUT2D eigenvalue weighted by Gasteiger charge is -2.33. The fraction of sp³-hybridized carbons (Fsp3) is 0.391. The second-order valence-corrected chi connectivity index (χ2v) is 7.36. The predicted molar refractivity (Wildman–Crippen MR) is 111 cm³/mol. The Labute approximate surface area is 171 Å². The number of amides is 1. The van der Waals surface area contributed by atoms with E-state index in [2.05, 4.69) is 16.3 Å². The summed E-state index contributed by atoms with van der Waals surface area (Å²) in [6.07, 6.45) is 1.54. The molecular weight excluding hydrogens is 366 g/mol. The van der Waals surface area contributed by atoms with Crippen LogP contribution in [0.5, 0.6) is 5.75 Å². The first-order valence-electron chi connectivity index (χ1n) is 9.99. The van der Waals surface area contributed by atoms with Gasteiger partial charge in [0, 0.05) is 31.2 Å². The van der Waals surface area contributed by atoms with E-state index in [9.17, 15) is 9.90 Å². The number of carbonyl (C=O) groups excluding carboxylic acids is 1. The van der Waals surface area contributed by atoms with Gasteiger partial charge in [-0.2, -0.15) is 5.26 Å². The molecule has 1 aliphatic heterocycles. The van der Waals surface area contributed by atoms with Crippen molar-refractivity contribution in [3.63, 3.8) is 0 Å². The van der Waals surface area contributed by atoms with E-state index in [0.717, 1.165) is 31.5 Å². The van der Waals surface area contributed by atoms with E-state index in [1.54, 1.807) is 0 Å². The standard InChI is InChI=1S/C23H27N3O3/c24-13-10-18-6-8-22(9-7-18)29-17-21(27)16-26-14-11-20(12-15-26)25-23(28)19-4-2-1-3-5-19/h1-9,20-21,27H,10-12,14-17H2,(H,25,28). The first-order valence-corrected chi connectivity index (χ1v) is 9.99. The summed E-state index contributed by atoms with van der Waals surface area (Å²) in [6.45, 7) is 2.44. The minimum absolute atomic E-state index is 0.0294. The Hall–Kier alpha value is -2.88. The van der Waals surface area contributed by atoms with Gasteiger partial charge >= 0.3 is 0 Å². The molecule has 1 atom stereocenters. The molecule has 6 heteroatoms. The van der Waals surface area contributed by atoms with Gasteiger partial charge in [0.2, 0.25) is 0 Å². The van der Waals surface area contributed by atoms with Crippen molar-refractivity contribution >= 4 is 5.91 Å². The highest BCUT2D eigenvalue weighted by Crippen LogP contribution is 2.14. The van der Waals surface area contributed by atoms with Gasteiger partial charge in [0.1, 0.15) is 18.5 Å². The Morgan fingerprint density at radius 2 is 1.86 bits per heavy atom. The first-order chi connectivity index (χ1) is 14.1. The summed E-state index contributed by atoms with van der Waals surface area (Å²) in [5.41, 5.74) is 1.63. The van der Waals surface area contributed by atoms with Crippen LogP contribution in [0.2, 0.25) is 0 Å². The van der Waals surface area contributed by atoms with Crippen molar-refractivity contribution in [3.8, 4) is 11.8 Å². The highest BCUT2D eigenvalue weighted by molar-refractivity contribution is 5.94. The van der Waals surface area contributed by atoms with Crippen LogP contribution in [0.1, 0.15) is 28.8 Å². The Bertz CT molecular complexity index is 810. The van der Waals surface area contributed by atoms with Crippen molar-refractivity contribution in [1.29, 1.82) is 5.26 Å². The number of nitrogens with one attached hydrogen (secondary N) is 1. The highest BCUT2D eigenvalue weighted by Gasteiger charge is 2.22. The summed E-state index contributed by atoms with van der Waals surface area (Å²) in [6, 6.07) is 18.9. The molecule has 1 aliphatic rings. The van der Waals surface area contributed by atoms with E-state index in [4.69, 9.17) is 10.00 Å². The average molecular weight is 393 g/mol. The van der Waals surface area contributed by atoms with Crippen LogP contribution in [0.25, 0.3) is 0 Å². The molecule has 0 saturated carbocycles. The van der Waals surface area contributed by atoms with Gasteiger partial charge in [-0.3, -0.25) is 4.79 Å². The van der Waals surface area contributed by atoms with Gasteiger partial charge in [-0.15, -0.1) is 0 Å².